The summed E-state index contributed by atoms with van der Waals surface area (Å²) < 4.78 is 32.1. The largest absolute Gasteiger partial charge is 0.385 e. The van der Waals surface area contributed by atoms with Crippen molar-refractivity contribution in [2.24, 2.45) is 10.4 Å². The topological polar surface area (TPSA) is 45.7 Å². The summed E-state index contributed by atoms with van der Waals surface area (Å²) in [6, 6.07) is 3.46. The zero-order valence-corrected chi connectivity index (χ0v) is 14.5. The normalized spacial score (nSPS) is 17.1. The first-order chi connectivity index (χ1) is 11.6. The number of ether oxygens (including phenoxy) is 1. The van der Waals surface area contributed by atoms with E-state index in [0.717, 1.165) is 31.7 Å². The Bertz CT molecular complexity index is 557. The van der Waals surface area contributed by atoms with Gasteiger partial charge in [0.15, 0.2) is 5.96 Å². The lowest BCUT2D eigenvalue weighted by Crippen LogP contribution is -2.43. The first-order valence-electron chi connectivity index (χ1n) is 8.46. The van der Waals surface area contributed by atoms with Crippen LogP contribution in [0.5, 0.6) is 0 Å². The zero-order valence-electron chi connectivity index (χ0n) is 14.5. The lowest BCUT2D eigenvalue weighted by molar-refractivity contribution is 0.138. The molecule has 1 aliphatic carbocycles. The van der Waals surface area contributed by atoms with Crippen LogP contribution in [0.3, 0.4) is 0 Å². The molecule has 0 spiro atoms. The molecule has 0 amide bonds. The van der Waals surface area contributed by atoms with Gasteiger partial charge in [0.1, 0.15) is 11.6 Å². The van der Waals surface area contributed by atoms with E-state index in [2.05, 4.69) is 15.6 Å². The molecule has 24 heavy (non-hydrogen) atoms. The van der Waals surface area contributed by atoms with E-state index in [9.17, 15) is 8.78 Å². The molecule has 1 aromatic carbocycles. The molecule has 1 saturated carbocycles. The Morgan fingerprint density at radius 1 is 1.25 bits per heavy atom. The number of halogens is 2. The summed E-state index contributed by atoms with van der Waals surface area (Å²) in [5, 5.41) is 6.38. The number of hydrogen-bond donors (Lipinski definition) is 2. The van der Waals surface area contributed by atoms with E-state index in [4.69, 9.17) is 4.74 Å². The minimum absolute atomic E-state index is 0.189. The van der Waals surface area contributed by atoms with Crippen LogP contribution in [0.1, 0.15) is 37.7 Å². The van der Waals surface area contributed by atoms with Gasteiger partial charge >= 0.3 is 0 Å². The molecule has 0 bridgehead atoms. The first-order valence-corrected chi connectivity index (χ1v) is 8.46. The second kappa shape index (κ2) is 8.97. The highest BCUT2D eigenvalue weighted by Crippen LogP contribution is 2.40. The third-order valence-electron chi connectivity index (χ3n) is 4.81. The third kappa shape index (κ3) is 5.16. The fraction of sp³-hybridized carbons (Fsp3) is 0.611. The van der Waals surface area contributed by atoms with Gasteiger partial charge in [0.2, 0.25) is 0 Å². The van der Waals surface area contributed by atoms with Gasteiger partial charge in [0, 0.05) is 39.4 Å². The van der Waals surface area contributed by atoms with Crippen LogP contribution in [0, 0.1) is 17.0 Å². The van der Waals surface area contributed by atoms with Crippen LogP contribution in [-0.4, -0.2) is 33.3 Å². The summed E-state index contributed by atoms with van der Waals surface area (Å²) in [4.78, 5) is 4.17. The van der Waals surface area contributed by atoms with Crippen LogP contribution in [0.25, 0.3) is 0 Å². The van der Waals surface area contributed by atoms with Crippen molar-refractivity contribution < 1.29 is 13.5 Å². The number of methoxy groups -OCH3 is 1. The van der Waals surface area contributed by atoms with Gasteiger partial charge in [-0.1, -0.05) is 12.8 Å². The second-order valence-electron chi connectivity index (χ2n) is 6.46. The highest BCUT2D eigenvalue weighted by Gasteiger charge is 2.33. The molecule has 0 unspecified atom stereocenters. The molecule has 1 fully saturated rings. The standard InChI is InChI=1S/C18H27F2N3O/c1-21-17(22-12-14-11-15(19)5-6-16(14)20)23-13-18(9-10-24-2)7-3-4-8-18/h5-6,11H,3-4,7-10,12-13H2,1-2H3,(H2,21,22,23). The Balaban J connectivity index is 1.88. The van der Waals surface area contributed by atoms with Gasteiger partial charge in [-0.25, -0.2) is 8.78 Å². The molecule has 0 saturated heterocycles. The minimum Gasteiger partial charge on any atom is -0.385 e. The Morgan fingerprint density at radius 3 is 2.67 bits per heavy atom. The average molecular weight is 339 g/mol. The maximum atomic E-state index is 13.7. The molecular weight excluding hydrogens is 312 g/mol. The Morgan fingerprint density at radius 2 is 2.00 bits per heavy atom. The van der Waals surface area contributed by atoms with Gasteiger partial charge in [-0.15, -0.1) is 0 Å². The van der Waals surface area contributed by atoms with Crippen molar-refractivity contribution in [3.63, 3.8) is 0 Å². The van der Waals surface area contributed by atoms with Crippen LogP contribution >= 0.6 is 0 Å². The molecule has 1 aromatic rings. The quantitative estimate of drug-likeness (QED) is 0.592. The molecule has 0 heterocycles. The Hall–Kier alpha value is -1.69. The zero-order chi connectivity index (χ0) is 17.4. The van der Waals surface area contributed by atoms with E-state index in [0.29, 0.717) is 5.96 Å². The van der Waals surface area contributed by atoms with Crippen LogP contribution in [-0.2, 0) is 11.3 Å². The van der Waals surface area contributed by atoms with E-state index in [1.807, 2.05) is 0 Å². The predicted octanol–water partition coefficient (Wildman–Crippen LogP) is 3.23. The summed E-state index contributed by atoms with van der Waals surface area (Å²) in [5.41, 5.74) is 0.519. The van der Waals surface area contributed by atoms with Crippen molar-refractivity contribution in [1.82, 2.24) is 10.6 Å². The van der Waals surface area contributed by atoms with Crippen LogP contribution in [0.4, 0.5) is 8.78 Å². The summed E-state index contributed by atoms with van der Waals surface area (Å²) in [7, 11) is 3.40. The molecule has 0 aliphatic heterocycles. The van der Waals surface area contributed by atoms with E-state index in [1.54, 1.807) is 14.2 Å². The maximum Gasteiger partial charge on any atom is 0.191 e. The van der Waals surface area contributed by atoms with Gasteiger partial charge in [-0.05, 0) is 42.9 Å². The molecular formula is C18H27F2N3O. The summed E-state index contributed by atoms with van der Waals surface area (Å²) in [6.07, 6.45) is 5.86. The van der Waals surface area contributed by atoms with E-state index in [1.165, 1.54) is 31.7 Å². The van der Waals surface area contributed by atoms with Crippen molar-refractivity contribution in [2.75, 3.05) is 27.3 Å². The monoisotopic (exact) mass is 339 g/mol. The van der Waals surface area contributed by atoms with E-state index >= 15 is 0 Å². The van der Waals surface area contributed by atoms with Crippen molar-refractivity contribution in [2.45, 2.75) is 38.6 Å². The molecule has 134 valence electrons. The molecule has 0 atom stereocenters. The minimum atomic E-state index is -0.444. The Labute approximate surface area is 142 Å². The average Bonchev–Trinajstić information content (AvgIpc) is 3.05. The number of guanidine groups is 1. The van der Waals surface area contributed by atoms with E-state index in [-0.39, 0.29) is 17.5 Å². The molecule has 4 nitrogen and oxygen atoms in total. The van der Waals surface area contributed by atoms with Crippen molar-refractivity contribution in [3.05, 3.63) is 35.4 Å². The smallest absolute Gasteiger partial charge is 0.191 e. The van der Waals surface area contributed by atoms with E-state index < -0.39 is 11.6 Å². The van der Waals surface area contributed by atoms with Gasteiger partial charge in [0.25, 0.3) is 0 Å². The number of nitrogens with one attached hydrogen (secondary N) is 2. The SMILES string of the molecule is CN=C(NCc1cc(F)ccc1F)NCC1(CCOC)CCCC1. The fourth-order valence-corrected chi connectivity index (χ4v) is 3.31. The van der Waals surface area contributed by atoms with Gasteiger partial charge in [-0.3, -0.25) is 4.99 Å². The highest BCUT2D eigenvalue weighted by molar-refractivity contribution is 5.79. The molecule has 1 aliphatic rings. The van der Waals surface area contributed by atoms with Crippen LogP contribution < -0.4 is 10.6 Å². The molecule has 2 N–H and O–H groups in total. The number of benzene rings is 1. The highest BCUT2D eigenvalue weighted by atomic mass is 19.1. The molecule has 2 rings (SSSR count). The number of hydrogen-bond acceptors (Lipinski definition) is 2. The van der Waals surface area contributed by atoms with Crippen molar-refractivity contribution >= 4 is 5.96 Å². The summed E-state index contributed by atoms with van der Waals surface area (Å²) in [5.74, 6) is -0.269. The van der Waals surface area contributed by atoms with Gasteiger partial charge in [0.05, 0.1) is 0 Å². The van der Waals surface area contributed by atoms with Gasteiger partial charge < -0.3 is 15.4 Å². The van der Waals surface area contributed by atoms with Gasteiger partial charge in [-0.2, -0.15) is 0 Å². The maximum absolute atomic E-state index is 13.7. The summed E-state index contributed by atoms with van der Waals surface area (Å²) >= 11 is 0. The van der Waals surface area contributed by atoms with Crippen molar-refractivity contribution in [1.29, 1.82) is 0 Å². The number of aliphatic imine (C=N–C) groups is 1. The molecule has 0 radical (unpaired) electrons. The lowest BCUT2D eigenvalue weighted by atomic mass is 9.83. The lowest BCUT2D eigenvalue weighted by Gasteiger charge is -2.30. The molecule has 6 heteroatoms. The summed E-state index contributed by atoms with van der Waals surface area (Å²) in [6.45, 7) is 1.75. The van der Waals surface area contributed by atoms with Crippen LogP contribution in [0.2, 0.25) is 0 Å². The Kier molecular flexibility index (Phi) is 6.97. The second-order valence-corrected chi connectivity index (χ2v) is 6.46. The fourth-order valence-electron chi connectivity index (χ4n) is 3.31. The van der Waals surface area contributed by atoms with Crippen molar-refractivity contribution in [3.8, 4) is 0 Å². The number of nitrogens with zero attached hydrogens (tertiary/aromatic N) is 1. The first kappa shape index (κ1) is 18.6. The molecule has 0 aromatic heterocycles. The third-order valence-corrected chi connectivity index (χ3v) is 4.81. The van der Waals surface area contributed by atoms with Crippen LogP contribution in [0.15, 0.2) is 23.2 Å². The number of rotatable bonds is 7. The predicted molar refractivity (Wildman–Crippen MR) is 92.0 cm³/mol.